The number of pyridine rings is 1. The van der Waals surface area contributed by atoms with Crippen molar-refractivity contribution in [1.29, 1.82) is 0 Å². The summed E-state index contributed by atoms with van der Waals surface area (Å²) in [5.41, 5.74) is 5.34. The molecule has 0 fully saturated rings. The summed E-state index contributed by atoms with van der Waals surface area (Å²) in [6.07, 6.45) is 2.90. The van der Waals surface area contributed by atoms with Gasteiger partial charge in [0, 0.05) is 11.8 Å². The van der Waals surface area contributed by atoms with Crippen molar-refractivity contribution in [2.75, 3.05) is 0 Å². The van der Waals surface area contributed by atoms with E-state index in [4.69, 9.17) is 0 Å². The molecule has 0 saturated heterocycles. The van der Waals surface area contributed by atoms with Gasteiger partial charge in [0.05, 0.1) is 5.52 Å². The van der Waals surface area contributed by atoms with Crippen LogP contribution in [0.3, 0.4) is 0 Å². The maximum atomic E-state index is 4.51. The number of nitrogens with one attached hydrogen (secondary N) is 1. The van der Waals surface area contributed by atoms with Crippen molar-refractivity contribution < 1.29 is 0 Å². The van der Waals surface area contributed by atoms with Gasteiger partial charge in [0.25, 0.3) is 0 Å². The average molecular weight is 237 g/mol. The first-order valence-electron chi connectivity index (χ1n) is 6.18. The molecular formula is C15H15N3. The number of aromatic amines is 1. The Balaban J connectivity index is 2.07. The second kappa shape index (κ2) is 4.26. The van der Waals surface area contributed by atoms with Crippen LogP contribution < -0.4 is 0 Å². The summed E-state index contributed by atoms with van der Waals surface area (Å²) in [4.78, 5) is 12.1. The highest BCUT2D eigenvalue weighted by Gasteiger charge is 2.06. The molecule has 3 aromatic rings. The number of imidazole rings is 1. The smallest absolute Gasteiger partial charge is 0.178 e. The van der Waals surface area contributed by atoms with Gasteiger partial charge in [-0.2, -0.15) is 0 Å². The van der Waals surface area contributed by atoms with Crippen LogP contribution in [0.25, 0.3) is 22.6 Å². The Bertz CT molecular complexity index is 681. The number of hydrogen-bond acceptors (Lipinski definition) is 2. The SMILES string of the molecule is CCc1ccc(-c2nc3ncc(C)cc3[nH]2)cc1. The van der Waals surface area contributed by atoms with E-state index < -0.39 is 0 Å². The van der Waals surface area contributed by atoms with Gasteiger partial charge in [0.1, 0.15) is 5.82 Å². The van der Waals surface area contributed by atoms with Crippen molar-refractivity contribution in [2.24, 2.45) is 0 Å². The van der Waals surface area contributed by atoms with E-state index in [9.17, 15) is 0 Å². The van der Waals surface area contributed by atoms with Gasteiger partial charge in [-0.25, -0.2) is 9.97 Å². The lowest BCUT2D eigenvalue weighted by atomic mass is 10.1. The Morgan fingerprint density at radius 1 is 1.17 bits per heavy atom. The van der Waals surface area contributed by atoms with Crippen LogP contribution in [0, 0.1) is 6.92 Å². The molecule has 0 atom stereocenters. The lowest BCUT2D eigenvalue weighted by Gasteiger charge is -1.98. The van der Waals surface area contributed by atoms with Crippen LogP contribution in [-0.4, -0.2) is 15.0 Å². The number of benzene rings is 1. The highest BCUT2D eigenvalue weighted by Crippen LogP contribution is 2.20. The molecule has 0 saturated carbocycles. The number of aromatic nitrogens is 3. The number of rotatable bonds is 2. The molecule has 18 heavy (non-hydrogen) atoms. The van der Waals surface area contributed by atoms with Gasteiger partial charge in [-0.3, -0.25) is 0 Å². The molecule has 0 aliphatic carbocycles. The van der Waals surface area contributed by atoms with Crippen molar-refractivity contribution in [3.05, 3.63) is 47.7 Å². The number of nitrogens with zero attached hydrogens (tertiary/aromatic N) is 2. The molecule has 2 heterocycles. The second-order valence-corrected chi connectivity index (χ2v) is 4.52. The Kier molecular flexibility index (Phi) is 2.59. The normalized spacial score (nSPS) is 11.0. The van der Waals surface area contributed by atoms with Crippen LogP contribution in [-0.2, 0) is 6.42 Å². The van der Waals surface area contributed by atoms with Gasteiger partial charge in [-0.05, 0) is 30.5 Å². The zero-order valence-corrected chi connectivity index (χ0v) is 10.6. The van der Waals surface area contributed by atoms with Gasteiger partial charge in [0.15, 0.2) is 5.65 Å². The van der Waals surface area contributed by atoms with Crippen molar-refractivity contribution in [2.45, 2.75) is 20.3 Å². The third-order valence-electron chi connectivity index (χ3n) is 3.11. The summed E-state index contributed by atoms with van der Waals surface area (Å²) >= 11 is 0. The maximum absolute atomic E-state index is 4.51. The minimum Gasteiger partial charge on any atom is -0.337 e. The van der Waals surface area contributed by atoms with Crippen LogP contribution in [0.1, 0.15) is 18.1 Å². The van der Waals surface area contributed by atoms with Crippen LogP contribution in [0.5, 0.6) is 0 Å². The third kappa shape index (κ3) is 1.88. The van der Waals surface area contributed by atoms with E-state index in [1.54, 1.807) is 0 Å². The fourth-order valence-electron chi connectivity index (χ4n) is 2.04. The topological polar surface area (TPSA) is 41.6 Å². The van der Waals surface area contributed by atoms with Gasteiger partial charge in [-0.15, -0.1) is 0 Å². The molecule has 0 unspecified atom stereocenters. The highest BCUT2D eigenvalue weighted by atomic mass is 15.0. The fourth-order valence-corrected chi connectivity index (χ4v) is 2.04. The molecule has 0 bridgehead atoms. The zero-order chi connectivity index (χ0) is 12.5. The first kappa shape index (κ1) is 11.0. The predicted octanol–water partition coefficient (Wildman–Crippen LogP) is 3.50. The van der Waals surface area contributed by atoms with Crippen molar-refractivity contribution in [1.82, 2.24) is 15.0 Å². The molecule has 3 nitrogen and oxygen atoms in total. The molecule has 0 aliphatic rings. The quantitative estimate of drug-likeness (QED) is 0.741. The van der Waals surface area contributed by atoms with E-state index in [1.165, 1.54) is 5.56 Å². The molecule has 2 aromatic heterocycles. The maximum Gasteiger partial charge on any atom is 0.178 e. The predicted molar refractivity (Wildman–Crippen MR) is 73.4 cm³/mol. The van der Waals surface area contributed by atoms with Crippen LogP contribution >= 0.6 is 0 Å². The van der Waals surface area contributed by atoms with Gasteiger partial charge in [0.2, 0.25) is 0 Å². The molecule has 3 heteroatoms. The molecule has 0 amide bonds. The molecule has 0 spiro atoms. The minimum atomic E-state index is 0.773. The lowest BCUT2D eigenvalue weighted by Crippen LogP contribution is -1.83. The first-order valence-corrected chi connectivity index (χ1v) is 6.18. The van der Waals surface area contributed by atoms with E-state index in [1.807, 2.05) is 13.1 Å². The summed E-state index contributed by atoms with van der Waals surface area (Å²) in [6.45, 7) is 4.19. The number of H-pyrrole nitrogens is 1. The summed E-state index contributed by atoms with van der Waals surface area (Å²) in [6, 6.07) is 10.6. The molecular weight excluding hydrogens is 222 g/mol. The Hall–Kier alpha value is -2.16. The molecule has 3 rings (SSSR count). The minimum absolute atomic E-state index is 0.773. The molecule has 1 N–H and O–H groups in total. The van der Waals surface area contributed by atoms with E-state index in [0.29, 0.717) is 0 Å². The summed E-state index contributed by atoms with van der Waals surface area (Å²) in [7, 11) is 0. The van der Waals surface area contributed by atoms with Crippen molar-refractivity contribution in [3.8, 4) is 11.4 Å². The van der Waals surface area contributed by atoms with Crippen molar-refractivity contribution in [3.63, 3.8) is 0 Å². The number of fused-ring (bicyclic) bond motifs is 1. The van der Waals surface area contributed by atoms with Crippen LogP contribution in [0.2, 0.25) is 0 Å². The molecule has 0 aliphatic heterocycles. The first-order chi connectivity index (χ1) is 8.76. The Labute approximate surface area is 106 Å². The van der Waals surface area contributed by atoms with Crippen molar-refractivity contribution >= 4 is 11.2 Å². The molecule has 1 aromatic carbocycles. The largest absolute Gasteiger partial charge is 0.337 e. The van der Waals surface area contributed by atoms with Gasteiger partial charge in [-0.1, -0.05) is 31.2 Å². The third-order valence-corrected chi connectivity index (χ3v) is 3.11. The summed E-state index contributed by atoms with van der Waals surface area (Å²) in [5, 5.41) is 0. The van der Waals surface area contributed by atoms with E-state index in [0.717, 1.165) is 34.5 Å². The highest BCUT2D eigenvalue weighted by molar-refractivity contribution is 5.76. The Morgan fingerprint density at radius 2 is 1.94 bits per heavy atom. The number of hydrogen-bond donors (Lipinski definition) is 1. The van der Waals surface area contributed by atoms with Gasteiger partial charge < -0.3 is 4.98 Å². The fraction of sp³-hybridized carbons (Fsp3) is 0.200. The Morgan fingerprint density at radius 3 is 2.67 bits per heavy atom. The molecule has 0 radical (unpaired) electrons. The van der Waals surface area contributed by atoms with Crippen LogP contribution in [0.15, 0.2) is 36.5 Å². The van der Waals surface area contributed by atoms with Gasteiger partial charge >= 0.3 is 0 Å². The zero-order valence-electron chi connectivity index (χ0n) is 10.6. The monoisotopic (exact) mass is 237 g/mol. The second-order valence-electron chi connectivity index (χ2n) is 4.52. The van der Waals surface area contributed by atoms with E-state index in [-0.39, 0.29) is 0 Å². The average Bonchev–Trinajstić information content (AvgIpc) is 2.81. The molecule has 90 valence electrons. The van der Waals surface area contributed by atoms with E-state index in [2.05, 4.69) is 52.2 Å². The standard InChI is InChI=1S/C15H15N3/c1-3-11-4-6-12(7-5-11)14-17-13-8-10(2)9-16-15(13)18-14/h4-9H,3H2,1-2H3,(H,16,17,18). The van der Waals surface area contributed by atoms with E-state index >= 15 is 0 Å². The summed E-state index contributed by atoms with van der Waals surface area (Å²) < 4.78 is 0. The summed E-state index contributed by atoms with van der Waals surface area (Å²) in [5.74, 6) is 0.880. The number of aryl methyl sites for hydroxylation is 2. The lowest BCUT2D eigenvalue weighted by molar-refractivity contribution is 1.14. The van der Waals surface area contributed by atoms with Crippen LogP contribution in [0.4, 0.5) is 0 Å².